The highest BCUT2D eigenvalue weighted by Crippen LogP contribution is 2.58. The van der Waals surface area contributed by atoms with Gasteiger partial charge in [0, 0.05) is 0 Å². The van der Waals surface area contributed by atoms with E-state index in [2.05, 4.69) is 0 Å². The van der Waals surface area contributed by atoms with Crippen molar-refractivity contribution < 1.29 is 0 Å². The van der Waals surface area contributed by atoms with Crippen LogP contribution in [0.2, 0.25) is 0 Å². The van der Waals surface area contributed by atoms with Gasteiger partial charge in [-0.1, -0.05) is 12.8 Å². The van der Waals surface area contributed by atoms with E-state index in [0.29, 0.717) is 0 Å². The molecule has 0 aliphatic heterocycles. The largest absolute Gasteiger partial charge is 0.115 e. The zero-order chi connectivity index (χ0) is 9.83. The van der Waals surface area contributed by atoms with Gasteiger partial charge in [0.25, 0.3) is 0 Å². The molecule has 0 nitrogen and oxygen atoms in total. The van der Waals surface area contributed by atoms with Crippen molar-refractivity contribution in [3.05, 3.63) is 0 Å². The van der Waals surface area contributed by atoms with Crippen LogP contribution in [-0.2, 0) is 0 Å². The maximum atomic E-state index is 1.64. The lowest BCUT2D eigenvalue weighted by atomic mass is 10.00. The minimum Gasteiger partial charge on any atom is -0.115 e. The Bertz CT molecular complexity index is 236. The molecule has 0 N–H and O–H groups in total. The Labute approximate surface area is 95.4 Å². The zero-order valence-electron chi connectivity index (χ0n) is 9.62. The first kappa shape index (κ1) is 9.46. The van der Waals surface area contributed by atoms with Gasteiger partial charge < -0.3 is 0 Å². The maximum absolute atomic E-state index is 1.64. The molecule has 4 saturated carbocycles. The Hall–Kier alpha value is 0.430. The topological polar surface area (TPSA) is 0 Å². The lowest BCUT2D eigenvalue weighted by Crippen LogP contribution is -2.19. The molecule has 15 heavy (non-hydrogen) atoms. The van der Waals surface area contributed by atoms with Gasteiger partial charge in [-0.2, -0.15) is 0 Å². The second kappa shape index (κ2) is 3.46. The highest BCUT2D eigenvalue weighted by molar-refractivity contribution is 7.39. The molecule has 0 amide bonds. The van der Waals surface area contributed by atoms with Crippen LogP contribution in [0.15, 0.2) is 0 Å². The van der Waals surface area contributed by atoms with E-state index in [0.717, 1.165) is 0 Å². The summed E-state index contributed by atoms with van der Waals surface area (Å²) in [5.41, 5.74) is 2.40. The van der Waals surface area contributed by atoms with Crippen molar-refractivity contribution in [2.45, 2.75) is 62.7 Å². The molecule has 4 aliphatic carbocycles. The zero-order valence-corrected chi connectivity index (χ0v) is 10.6. The van der Waals surface area contributed by atoms with Gasteiger partial charge in [0.15, 0.2) is 0 Å². The molecule has 0 aromatic heterocycles. The molecular weight excluding hydrogens is 199 g/mol. The first-order chi connectivity index (χ1) is 7.38. The van der Waals surface area contributed by atoms with Crippen molar-refractivity contribution in [2.24, 2.45) is 23.7 Å². The predicted octanol–water partition coefficient (Wildman–Crippen LogP) is 4.04. The van der Waals surface area contributed by atoms with Gasteiger partial charge in [-0.25, -0.2) is 0 Å². The monoisotopic (exact) mass is 222 g/mol. The third-order valence-electron chi connectivity index (χ3n) is 5.90. The molecule has 1 heteroatoms. The smallest absolute Gasteiger partial charge is 0.0203 e. The molecule has 6 atom stereocenters. The second-order valence-electron chi connectivity index (χ2n) is 6.73. The summed E-state index contributed by atoms with van der Waals surface area (Å²) in [6, 6.07) is 0. The number of rotatable bonds is 2. The van der Waals surface area contributed by atoms with Crippen LogP contribution in [0.5, 0.6) is 0 Å². The molecule has 84 valence electrons. The van der Waals surface area contributed by atoms with E-state index in [4.69, 9.17) is 0 Å². The minimum absolute atomic E-state index is 1.17. The predicted molar refractivity (Wildman–Crippen MR) is 66.8 cm³/mol. The Morgan fingerprint density at radius 1 is 0.600 bits per heavy atom. The molecule has 0 aromatic rings. The van der Waals surface area contributed by atoms with Crippen LogP contribution in [-0.4, -0.2) is 11.3 Å². The summed E-state index contributed by atoms with van der Waals surface area (Å²) in [5.74, 6) is 4.72. The summed E-state index contributed by atoms with van der Waals surface area (Å²) < 4.78 is 0. The van der Waals surface area contributed by atoms with E-state index < -0.39 is 0 Å². The van der Waals surface area contributed by atoms with Gasteiger partial charge in [-0.05, 0) is 73.5 Å². The fourth-order valence-corrected chi connectivity index (χ4v) is 7.81. The van der Waals surface area contributed by atoms with Gasteiger partial charge in [0.2, 0.25) is 0 Å². The van der Waals surface area contributed by atoms with Gasteiger partial charge in [-0.15, -0.1) is 8.58 Å². The summed E-state index contributed by atoms with van der Waals surface area (Å²) in [6.45, 7) is 0. The van der Waals surface area contributed by atoms with Crippen LogP contribution in [0.4, 0.5) is 0 Å². The van der Waals surface area contributed by atoms with E-state index in [1.165, 1.54) is 43.6 Å². The molecule has 0 radical (unpaired) electrons. The minimum atomic E-state index is 1.17. The Kier molecular flexibility index (Phi) is 2.18. The normalized spacial score (nSPS) is 57.6. The third kappa shape index (κ3) is 1.51. The van der Waals surface area contributed by atoms with Crippen LogP contribution in [0.1, 0.15) is 51.4 Å². The van der Waals surface area contributed by atoms with E-state index in [1.54, 1.807) is 51.4 Å². The lowest BCUT2D eigenvalue weighted by molar-refractivity contribution is 0.466. The van der Waals surface area contributed by atoms with Crippen molar-refractivity contribution in [3.63, 3.8) is 0 Å². The Morgan fingerprint density at radius 2 is 1.13 bits per heavy atom. The van der Waals surface area contributed by atoms with Crippen molar-refractivity contribution in [1.82, 2.24) is 0 Å². The molecule has 6 unspecified atom stereocenters. The first-order valence-corrected chi connectivity index (χ1v) is 8.30. The standard InChI is InChI=1S/C14H23P/c1-3-11-5-9(1)7-13(11)15-14-8-10-2-4-12(14)6-10/h9-15H,1-8H2. The van der Waals surface area contributed by atoms with Crippen LogP contribution in [0, 0.1) is 23.7 Å². The first-order valence-electron chi connectivity index (χ1n) is 7.14. The number of hydrogen-bond donors (Lipinski definition) is 0. The SMILES string of the molecule is C1CC2CC1CC2PC1CC2CCC1C2. The fourth-order valence-electron chi connectivity index (χ4n) is 5.17. The van der Waals surface area contributed by atoms with Crippen molar-refractivity contribution >= 4 is 8.58 Å². The van der Waals surface area contributed by atoms with Crippen LogP contribution >= 0.6 is 8.58 Å². The average Bonchev–Trinajstić information content (AvgIpc) is 2.96. The summed E-state index contributed by atoms with van der Waals surface area (Å²) in [4.78, 5) is 0. The van der Waals surface area contributed by atoms with Gasteiger partial charge in [0.1, 0.15) is 0 Å². The molecule has 0 spiro atoms. The summed E-state index contributed by atoms with van der Waals surface area (Å²) in [7, 11) is 1.37. The molecule has 0 heterocycles. The molecule has 0 aromatic carbocycles. The second-order valence-corrected chi connectivity index (χ2v) is 8.55. The fraction of sp³-hybridized carbons (Fsp3) is 1.00. The molecule has 4 bridgehead atoms. The molecule has 4 aliphatic rings. The molecule has 4 rings (SSSR count). The third-order valence-corrected chi connectivity index (χ3v) is 8.17. The average molecular weight is 222 g/mol. The summed E-state index contributed by atoms with van der Waals surface area (Å²) in [5, 5.41) is 0. The van der Waals surface area contributed by atoms with Gasteiger partial charge >= 0.3 is 0 Å². The molecule has 4 fully saturated rings. The van der Waals surface area contributed by atoms with Gasteiger partial charge in [-0.3, -0.25) is 0 Å². The quantitative estimate of drug-likeness (QED) is 0.618. The van der Waals surface area contributed by atoms with Crippen molar-refractivity contribution in [1.29, 1.82) is 0 Å². The van der Waals surface area contributed by atoms with Crippen LogP contribution in [0.3, 0.4) is 0 Å². The highest BCUT2D eigenvalue weighted by Gasteiger charge is 2.44. The molecule has 0 saturated heterocycles. The lowest BCUT2D eigenvalue weighted by Gasteiger charge is -2.29. The summed E-state index contributed by atoms with van der Waals surface area (Å²) in [6.07, 6.45) is 12.9. The number of hydrogen-bond acceptors (Lipinski definition) is 0. The number of fused-ring (bicyclic) bond motifs is 4. The van der Waals surface area contributed by atoms with E-state index in [1.807, 2.05) is 0 Å². The molecular formula is C14H23P. The van der Waals surface area contributed by atoms with E-state index in [-0.39, 0.29) is 0 Å². The van der Waals surface area contributed by atoms with Gasteiger partial charge in [0.05, 0.1) is 0 Å². The van der Waals surface area contributed by atoms with E-state index >= 15 is 0 Å². The van der Waals surface area contributed by atoms with Crippen LogP contribution in [0.25, 0.3) is 0 Å². The maximum Gasteiger partial charge on any atom is -0.0203 e. The Balaban J connectivity index is 1.40. The summed E-state index contributed by atoms with van der Waals surface area (Å²) >= 11 is 0. The Morgan fingerprint density at radius 3 is 1.47 bits per heavy atom. The van der Waals surface area contributed by atoms with Crippen molar-refractivity contribution in [3.8, 4) is 0 Å². The van der Waals surface area contributed by atoms with E-state index in [9.17, 15) is 0 Å². The van der Waals surface area contributed by atoms with Crippen LogP contribution < -0.4 is 0 Å². The highest BCUT2D eigenvalue weighted by atomic mass is 31.1. The van der Waals surface area contributed by atoms with Crippen molar-refractivity contribution in [2.75, 3.05) is 0 Å².